The number of rotatable bonds is 1. The Balaban J connectivity index is 1.58. The molecule has 27 heavy (non-hydrogen) atoms. The summed E-state index contributed by atoms with van der Waals surface area (Å²) in [7, 11) is 2.19. The Kier molecular flexibility index (Phi) is 3.80. The van der Waals surface area contributed by atoms with Crippen LogP contribution in [0.25, 0.3) is 0 Å². The first kappa shape index (κ1) is 16.8. The maximum absolute atomic E-state index is 6.64. The van der Waals surface area contributed by atoms with Crippen molar-refractivity contribution >= 4 is 5.71 Å². The van der Waals surface area contributed by atoms with E-state index in [-0.39, 0.29) is 11.8 Å². The van der Waals surface area contributed by atoms with Gasteiger partial charge in [0.1, 0.15) is 5.75 Å². The van der Waals surface area contributed by atoms with Gasteiger partial charge in [-0.3, -0.25) is 0 Å². The minimum absolute atomic E-state index is 0.273. The highest BCUT2D eigenvalue weighted by atomic mass is 16.5. The molecule has 3 aliphatic rings. The quantitative estimate of drug-likeness (QED) is 0.759. The smallest absolute Gasteiger partial charge is 0.200 e. The molecule has 1 saturated heterocycles. The van der Waals surface area contributed by atoms with Crippen molar-refractivity contribution in [3.8, 4) is 5.75 Å². The Morgan fingerprint density at radius 1 is 1.04 bits per heavy atom. The summed E-state index contributed by atoms with van der Waals surface area (Å²) in [6.45, 7) is 6.43. The van der Waals surface area contributed by atoms with Crippen molar-refractivity contribution < 1.29 is 4.74 Å². The second kappa shape index (κ2) is 6.10. The Labute approximate surface area is 161 Å². The molecular weight excluding hydrogens is 334 g/mol. The van der Waals surface area contributed by atoms with Gasteiger partial charge in [-0.15, -0.1) is 0 Å². The number of hydrazone groups is 1. The van der Waals surface area contributed by atoms with Gasteiger partial charge < -0.3 is 9.64 Å². The number of benzene rings is 2. The Bertz CT molecular complexity index is 912. The van der Waals surface area contributed by atoms with Crippen LogP contribution in [0.1, 0.15) is 47.6 Å². The summed E-state index contributed by atoms with van der Waals surface area (Å²) in [6.07, 6.45) is 2.91. The molecule has 1 fully saturated rings. The van der Waals surface area contributed by atoms with Gasteiger partial charge in [0.05, 0.1) is 11.8 Å². The Morgan fingerprint density at radius 2 is 1.81 bits per heavy atom. The second-order valence-corrected chi connectivity index (χ2v) is 8.30. The van der Waals surface area contributed by atoms with Crippen LogP contribution in [0.4, 0.5) is 0 Å². The summed E-state index contributed by atoms with van der Waals surface area (Å²) in [5, 5.41) is 7.46. The second-order valence-electron chi connectivity index (χ2n) is 8.30. The number of hydrogen-bond donors (Lipinski definition) is 0. The summed E-state index contributed by atoms with van der Waals surface area (Å²) >= 11 is 0. The minimum atomic E-state index is -0.312. The third-order valence-electron chi connectivity index (χ3n) is 6.51. The minimum Gasteiger partial charge on any atom is -0.466 e. The van der Waals surface area contributed by atoms with Crippen LogP contribution in [0.3, 0.4) is 0 Å². The van der Waals surface area contributed by atoms with Crippen molar-refractivity contribution in [2.45, 2.75) is 44.9 Å². The molecule has 5 rings (SSSR count). The molecule has 0 saturated carbocycles. The van der Waals surface area contributed by atoms with Crippen LogP contribution in [0.5, 0.6) is 5.75 Å². The number of hydrogen-bond acceptors (Lipinski definition) is 4. The summed E-state index contributed by atoms with van der Waals surface area (Å²) < 4.78 is 6.64. The van der Waals surface area contributed by atoms with E-state index in [4.69, 9.17) is 9.84 Å². The highest BCUT2D eigenvalue weighted by Crippen LogP contribution is 2.49. The number of para-hydroxylation sites is 1. The van der Waals surface area contributed by atoms with Crippen molar-refractivity contribution in [3.63, 3.8) is 0 Å². The van der Waals surface area contributed by atoms with E-state index >= 15 is 0 Å². The van der Waals surface area contributed by atoms with Crippen molar-refractivity contribution in [1.82, 2.24) is 9.91 Å². The molecule has 0 aromatic heterocycles. The molecule has 0 bridgehead atoms. The summed E-state index contributed by atoms with van der Waals surface area (Å²) in [5.41, 5.74) is 6.04. The molecule has 3 aliphatic heterocycles. The first-order chi connectivity index (χ1) is 13.1. The van der Waals surface area contributed by atoms with Crippen LogP contribution < -0.4 is 4.74 Å². The SMILES string of the molecule is Cc1ccc(C2=NN3[C@@H](C2)c2ccccc2OC32CCN(C)CC2)cc1C. The number of fused-ring (bicyclic) bond motifs is 4. The molecule has 4 heteroatoms. The molecule has 0 N–H and O–H groups in total. The number of piperidine rings is 1. The van der Waals surface area contributed by atoms with Gasteiger partial charge in [0, 0.05) is 37.9 Å². The number of likely N-dealkylation sites (tertiary alicyclic amines) is 1. The average molecular weight is 361 g/mol. The van der Waals surface area contributed by atoms with Crippen molar-refractivity contribution in [2.24, 2.45) is 5.10 Å². The first-order valence-electron chi connectivity index (χ1n) is 9.97. The van der Waals surface area contributed by atoms with Gasteiger partial charge in [-0.1, -0.05) is 30.3 Å². The molecule has 0 unspecified atom stereocenters. The summed E-state index contributed by atoms with van der Waals surface area (Å²) in [5.74, 6) is 1.04. The zero-order valence-corrected chi connectivity index (χ0v) is 16.4. The van der Waals surface area contributed by atoms with E-state index in [9.17, 15) is 0 Å². The number of aryl methyl sites for hydroxylation is 2. The molecule has 1 spiro atoms. The fourth-order valence-corrected chi connectivity index (χ4v) is 4.62. The molecule has 1 atom stereocenters. The van der Waals surface area contributed by atoms with Crippen LogP contribution in [-0.2, 0) is 0 Å². The van der Waals surface area contributed by atoms with E-state index in [2.05, 4.69) is 73.3 Å². The summed E-state index contributed by atoms with van der Waals surface area (Å²) in [4.78, 5) is 2.38. The van der Waals surface area contributed by atoms with E-state index < -0.39 is 0 Å². The number of ether oxygens (including phenoxy) is 1. The lowest BCUT2D eigenvalue weighted by atomic mass is 9.90. The van der Waals surface area contributed by atoms with E-state index in [1.54, 1.807) is 0 Å². The lowest BCUT2D eigenvalue weighted by Gasteiger charge is -2.50. The zero-order chi connectivity index (χ0) is 18.6. The monoisotopic (exact) mass is 361 g/mol. The van der Waals surface area contributed by atoms with Crippen LogP contribution in [0.15, 0.2) is 47.6 Å². The van der Waals surface area contributed by atoms with Crippen molar-refractivity contribution in [2.75, 3.05) is 20.1 Å². The fraction of sp³-hybridized carbons (Fsp3) is 0.435. The largest absolute Gasteiger partial charge is 0.466 e. The van der Waals surface area contributed by atoms with Crippen LogP contribution in [0.2, 0.25) is 0 Å². The molecule has 3 heterocycles. The standard InChI is InChI=1S/C23H27N3O/c1-16-8-9-18(14-17(16)2)20-15-21-19-6-4-5-7-22(19)27-23(26(21)24-20)10-12-25(3)13-11-23/h4-9,14,21H,10-13,15H2,1-3H3/t21-/m0/s1. The molecule has 4 nitrogen and oxygen atoms in total. The molecule has 0 amide bonds. The van der Waals surface area contributed by atoms with Gasteiger partial charge in [-0.25, -0.2) is 5.01 Å². The highest BCUT2D eigenvalue weighted by molar-refractivity contribution is 6.02. The van der Waals surface area contributed by atoms with Gasteiger partial charge in [-0.2, -0.15) is 5.10 Å². The predicted octanol–water partition coefficient (Wildman–Crippen LogP) is 4.27. The maximum Gasteiger partial charge on any atom is 0.200 e. The van der Waals surface area contributed by atoms with Crippen LogP contribution in [0, 0.1) is 13.8 Å². The highest BCUT2D eigenvalue weighted by Gasteiger charge is 2.51. The lowest BCUT2D eigenvalue weighted by Crippen LogP contribution is -2.58. The van der Waals surface area contributed by atoms with E-state index in [1.165, 1.54) is 28.0 Å². The Hall–Kier alpha value is -2.33. The third-order valence-corrected chi connectivity index (χ3v) is 6.51. The van der Waals surface area contributed by atoms with Crippen LogP contribution >= 0.6 is 0 Å². The first-order valence-corrected chi connectivity index (χ1v) is 9.97. The zero-order valence-electron chi connectivity index (χ0n) is 16.4. The molecule has 0 radical (unpaired) electrons. The topological polar surface area (TPSA) is 28.1 Å². The maximum atomic E-state index is 6.64. The van der Waals surface area contributed by atoms with Gasteiger partial charge in [0.25, 0.3) is 0 Å². The molecule has 0 aliphatic carbocycles. The fourth-order valence-electron chi connectivity index (χ4n) is 4.62. The van der Waals surface area contributed by atoms with E-state index in [0.717, 1.165) is 38.1 Å². The van der Waals surface area contributed by atoms with Gasteiger partial charge in [-0.05, 0) is 49.7 Å². The average Bonchev–Trinajstić information content (AvgIpc) is 3.13. The number of nitrogens with zero attached hydrogens (tertiary/aromatic N) is 3. The van der Waals surface area contributed by atoms with E-state index in [1.807, 2.05) is 0 Å². The van der Waals surface area contributed by atoms with Crippen LogP contribution in [-0.4, -0.2) is 41.5 Å². The van der Waals surface area contributed by atoms with Crippen molar-refractivity contribution in [1.29, 1.82) is 0 Å². The normalized spacial score (nSPS) is 23.6. The predicted molar refractivity (Wildman–Crippen MR) is 108 cm³/mol. The molecule has 140 valence electrons. The molecule has 2 aromatic carbocycles. The van der Waals surface area contributed by atoms with Gasteiger partial charge in [0.15, 0.2) is 0 Å². The van der Waals surface area contributed by atoms with Crippen molar-refractivity contribution in [3.05, 3.63) is 64.7 Å². The lowest BCUT2D eigenvalue weighted by molar-refractivity contribution is -0.147. The Morgan fingerprint density at radius 3 is 2.59 bits per heavy atom. The van der Waals surface area contributed by atoms with Gasteiger partial charge in [0.2, 0.25) is 5.72 Å². The molecular formula is C23H27N3O. The van der Waals surface area contributed by atoms with Gasteiger partial charge >= 0.3 is 0 Å². The molecule has 2 aromatic rings. The summed E-state index contributed by atoms with van der Waals surface area (Å²) in [6, 6.07) is 15.5. The van der Waals surface area contributed by atoms with E-state index in [0.29, 0.717) is 0 Å². The third kappa shape index (κ3) is 2.66.